The molecule has 138 valence electrons. The van der Waals surface area contributed by atoms with E-state index in [-0.39, 0.29) is 11.8 Å². The van der Waals surface area contributed by atoms with Gasteiger partial charge in [0.25, 0.3) is 5.91 Å². The fraction of sp³-hybridized carbons (Fsp3) is 0.0476. The average molecular weight is 371 g/mol. The molecule has 0 radical (unpaired) electrons. The Labute approximate surface area is 160 Å². The second-order valence-corrected chi connectivity index (χ2v) is 6.28. The second kappa shape index (κ2) is 7.32. The summed E-state index contributed by atoms with van der Waals surface area (Å²) in [6.07, 6.45) is 6.59. The third-order valence-corrected chi connectivity index (χ3v) is 4.22. The molecule has 1 aromatic carbocycles. The van der Waals surface area contributed by atoms with E-state index in [9.17, 15) is 9.59 Å². The molecule has 0 aliphatic heterocycles. The van der Waals surface area contributed by atoms with E-state index in [1.54, 1.807) is 30.7 Å². The van der Waals surface area contributed by atoms with E-state index in [0.29, 0.717) is 22.6 Å². The van der Waals surface area contributed by atoms with Gasteiger partial charge in [-0.05, 0) is 35.9 Å². The van der Waals surface area contributed by atoms with Crippen LogP contribution in [0.15, 0.2) is 67.3 Å². The van der Waals surface area contributed by atoms with Crippen molar-refractivity contribution in [2.45, 2.75) is 6.92 Å². The Kier molecular flexibility index (Phi) is 4.55. The summed E-state index contributed by atoms with van der Waals surface area (Å²) in [6, 6.07) is 12.9. The zero-order chi connectivity index (χ0) is 19.5. The van der Waals surface area contributed by atoms with Gasteiger partial charge in [0.2, 0.25) is 5.91 Å². The number of rotatable bonds is 4. The molecular formula is C21H17N5O2. The molecule has 0 atom stereocenters. The van der Waals surface area contributed by atoms with E-state index in [1.165, 1.54) is 13.1 Å². The van der Waals surface area contributed by atoms with Gasteiger partial charge in [0.15, 0.2) is 0 Å². The minimum absolute atomic E-state index is 0.128. The van der Waals surface area contributed by atoms with E-state index in [2.05, 4.69) is 25.6 Å². The Hall–Kier alpha value is -4.00. The van der Waals surface area contributed by atoms with Crippen LogP contribution in [0.3, 0.4) is 0 Å². The Morgan fingerprint density at radius 3 is 2.68 bits per heavy atom. The molecule has 0 saturated carbocycles. The number of nitrogens with one attached hydrogen (secondary N) is 3. The summed E-state index contributed by atoms with van der Waals surface area (Å²) < 4.78 is 0. The molecule has 7 nitrogen and oxygen atoms in total. The van der Waals surface area contributed by atoms with Gasteiger partial charge < -0.3 is 15.6 Å². The Morgan fingerprint density at radius 2 is 1.89 bits per heavy atom. The number of carbonyl (C=O) groups excluding carboxylic acids is 2. The first-order valence-electron chi connectivity index (χ1n) is 8.67. The van der Waals surface area contributed by atoms with Gasteiger partial charge in [-0.1, -0.05) is 12.1 Å². The van der Waals surface area contributed by atoms with Gasteiger partial charge >= 0.3 is 0 Å². The van der Waals surface area contributed by atoms with Crippen LogP contribution < -0.4 is 10.6 Å². The molecule has 0 aliphatic rings. The average Bonchev–Trinajstić information content (AvgIpc) is 3.10. The molecule has 0 aliphatic carbocycles. The SMILES string of the molecule is CC(=O)Nc1cccc(-c2cnc3[nH]cc(NC(=O)c4cccnc4)c3c2)c1. The van der Waals surface area contributed by atoms with Crippen LogP contribution in [0, 0.1) is 0 Å². The third kappa shape index (κ3) is 3.59. The predicted molar refractivity (Wildman–Crippen MR) is 108 cm³/mol. The first-order valence-corrected chi connectivity index (χ1v) is 8.67. The zero-order valence-corrected chi connectivity index (χ0v) is 15.1. The van der Waals surface area contributed by atoms with Crippen molar-refractivity contribution in [2.75, 3.05) is 10.6 Å². The number of hydrogen-bond acceptors (Lipinski definition) is 4. The molecule has 3 aromatic heterocycles. The first kappa shape index (κ1) is 17.4. The van der Waals surface area contributed by atoms with Crippen molar-refractivity contribution in [1.82, 2.24) is 15.0 Å². The minimum atomic E-state index is -0.243. The molecule has 0 fully saturated rings. The number of aromatic amines is 1. The van der Waals surface area contributed by atoms with E-state index < -0.39 is 0 Å². The van der Waals surface area contributed by atoms with Crippen molar-refractivity contribution in [3.8, 4) is 11.1 Å². The number of anilines is 2. The van der Waals surface area contributed by atoms with Gasteiger partial charge in [-0.3, -0.25) is 14.6 Å². The van der Waals surface area contributed by atoms with Gasteiger partial charge in [-0.25, -0.2) is 4.98 Å². The van der Waals surface area contributed by atoms with Crippen molar-refractivity contribution < 1.29 is 9.59 Å². The maximum atomic E-state index is 12.4. The number of hydrogen-bond donors (Lipinski definition) is 3. The maximum Gasteiger partial charge on any atom is 0.257 e. The van der Waals surface area contributed by atoms with Crippen LogP contribution in [0.2, 0.25) is 0 Å². The molecule has 3 N–H and O–H groups in total. The lowest BCUT2D eigenvalue weighted by Gasteiger charge is -2.07. The van der Waals surface area contributed by atoms with Crippen molar-refractivity contribution in [1.29, 1.82) is 0 Å². The molecule has 3 heterocycles. The number of nitrogens with zero attached hydrogens (tertiary/aromatic N) is 2. The number of carbonyl (C=O) groups is 2. The van der Waals surface area contributed by atoms with Gasteiger partial charge in [-0.15, -0.1) is 0 Å². The highest BCUT2D eigenvalue weighted by Crippen LogP contribution is 2.29. The summed E-state index contributed by atoms with van der Waals surface area (Å²) in [6.45, 7) is 1.47. The standard InChI is InChI=1S/C21H17N5O2/c1-13(27)25-17-6-2-4-14(8-17)16-9-18-19(12-24-20(18)23-11-16)26-21(28)15-5-3-7-22-10-15/h2-12H,1H3,(H,23,24)(H,25,27)(H,26,28). The highest BCUT2D eigenvalue weighted by atomic mass is 16.2. The Bertz CT molecular complexity index is 1170. The number of amides is 2. The topological polar surface area (TPSA) is 99.8 Å². The van der Waals surface area contributed by atoms with E-state index in [1.807, 2.05) is 30.3 Å². The largest absolute Gasteiger partial charge is 0.344 e. The lowest BCUT2D eigenvalue weighted by Crippen LogP contribution is -2.11. The molecule has 0 bridgehead atoms. The smallest absolute Gasteiger partial charge is 0.257 e. The van der Waals surface area contributed by atoms with Gasteiger partial charge in [-0.2, -0.15) is 0 Å². The highest BCUT2D eigenvalue weighted by molar-refractivity contribution is 6.08. The number of fused-ring (bicyclic) bond motifs is 1. The summed E-state index contributed by atoms with van der Waals surface area (Å²) in [5, 5.41) is 6.46. The van der Waals surface area contributed by atoms with Crippen molar-refractivity contribution in [3.05, 3.63) is 72.8 Å². The van der Waals surface area contributed by atoms with Crippen molar-refractivity contribution >= 4 is 34.2 Å². The quantitative estimate of drug-likeness (QED) is 0.507. The van der Waals surface area contributed by atoms with Crippen molar-refractivity contribution in [3.63, 3.8) is 0 Å². The molecule has 0 unspecified atom stereocenters. The summed E-state index contributed by atoms with van der Waals surface area (Å²) in [4.78, 5) is 35.2. The lowest BCUT2D eigenvalue weighted by atomic mass is 10.1. The maximum absolute atomic E-state index is 12.4. The number of benzene rings is 1. The summed E-state index contributed by atoms with van der Waals surface area (Å²) >= 11 is 0. The molecule has 28 heavy (non-hydrogen) atoms. The van der Waals surface area contributed by atoms with Crippen LogP contribution in [0.4, 0.5) is 11.4 Å². The Balaban J connectivity index is 1.67. The van der Waals surface area contributed by atoms with Gasteiger partial charge in [0.05, 0.1) is 11.3 Å². The number of aromatic nitrogens is 3. The van der Waals surface area contributed by atoms with Crippen LogP contribution in [0.1, 0.15) is 17.3 Å². The Morgan fingerprint density at radius 1 is 1.00 bits per heavy atom. The van der Waals surface area contributed by atoms with Crippen LogP contribution in [0.25, 0.3) is 22.2 Å². The lowest BCUT2D eigenvalue weighted by molar-refractivity contribution is -0.114. The molecule has 0 saturated heterocycles. The zero-order valence-electron chi connectivity index (χ0n) is 15.1. The monoisotopic (exact) mass is 371 g/mol. The minimum Gasteiger partial charge on any atom is -0.344 e. The normalized spacial score (nSPS) is 10.6. The third-order valence-electron chi connectivity index (χ3n) is 4.22. The van der Waals surface area contributed by atoms with Gasteiger partial charge in [0, 0.05) is 48.3 Å². The molecule has 0 spiro atoms. The van der Waals surface area contributed by atoms with E-state index in [0.717, 1.165) is 16.5 Å². The molecule has 7 heteroatoms. The van der Waals surface area contributed by atoms with Crippen LogP contribution in [0.5, 0.6) is 0 Å². The molecular weight excluding hydrogens is 354 g/mol. The van der Waals surface area contributed by atoms with E-state index in [4.69, 9.17) is 0 Å². The number of H-pyrrole nitrogens is 1. The second-order valence-electron chi connectivity index (χ2n) is 6.28. The fourth-order valence-corrected chi connectivity index (χ4v) is 2.94. The van der Waals surface area contributed by atoms with Crippen LogP contribution in [-0.2, 0) is 4.79 Å². The molecule has 4 aromatic rings. The first-order chi connectivity index (χ1) is 13.6. The van der Waals surface area contributed by atoms with E-state index >= 15 is 0 Å². The van der Waals surface area contributed by atoms with Crippen LogP contribution in [-0.4, -0.2) is 26.8 Å². The molecule has 4 rings (SSSR count). The van der Waals surface area contributed by atoms with Crippen LogP contribution >= 0.6 is 0 Å². The fourth-order valence-electron chi connectivity index (χ4n) is 2.94. The summed E-state index contributed by atoms with van der Waals surface area (Å²) in [5.74, 6) is -0.371. The van der Waals surface area contributed by atoms with Crippen molar-refractivity contribution in [2.24, 2.45) is 0 Å². The highest BCUT2D eigenvalue weighted by Gasteiger charge is 2.12. The summed E-state index contributed by atoms with van der Waals surface area (Å²) in [5.41, 5.74) is 4.27. The summed E-state index contributed by atoms with van der Waals surface area (Å²) in [7, 11) is 0. The molecule has 2 amide bonds. The number of pyridine rings is 2. The van der Waals surface area contributed by atoms with Gasteiger partial charge in [0.1, 0.15) is 5.65 Å². The predicted octanol–water partition coefficient (Wildman–Crippen LogP) is 3.84.